The number of aryl methyl sites for hydroxylation is 2. The van der Waals surface area contributed by atoms with Crippen LogP contribution < -0.4 is 5.32 Å². The second-order valence-corrected chi connectivity index (χ2v) is 5.04. The highest BCUT2D eigenvalue weighted by Crippen LogP contribution is 2.17. The zero-order valence-electron chi connectivity index (χ0n) is 11.5. The molecular weight excluding hydrogens is 240 g/mol. The highest BCUT2D eigenvalue weighted by atomic mass is 16.7. The van der Waals surface area contributed by atoms with Crippen molar-refractivity contribution in [2.45, 2.75) is 46.0 Å². The monoisotopic (exact) mass is 260 g/mol. The molecule has 0 saturated heterocycles. The molecule has 1 aliphatic carbocycles. The first-order valence-corrected chi connectivity index (χ1v) is 6.76. The largest absolute Gasteiger partial charge is 0.437 e. The van der Waals surface area contributed by atoms with Crippen molar-refractivity contribution in [1.29, 1.82) is 0 Å². The Bertz CT molecular complexity index is 487. The van der Waals surface area contributed by atoms with E-state index in [4.69, 9.17) is 4.84 Å². The first kappa shape index (κ1) is 13.6. The maximum absolute atomic E-state index is 11.7. The van der Waals surface area contributed by atoms with E-state index < -0.39 is 6.09 Å². The Balaban J connectivity index is 1.92. The molecule has 2 rings (SSSR count). The van der Waals surface area contributed by atoms with E-state index in [1.54, 1.807) is 0 Å². The summed E-state index contributed by atoms with van der Waals surface area (Å²) in [6, 6.07) is 5.90. The molecule has 1 aromatic carbocycles. The van der Waals surface area contributed by atoms with Gasteiger partial charge in [0.1, 0.15) is 0 Å². The topological polar surface area (TPSA) is 50.7 Å². The number of nitrogens with one attached hydrogen (secondary N) is 1. The molecule has 0 aromatic heterocycles. The first-order valence-electron chi connectivity index (χ1n) is 6.76. The molecular formula is C15H20N2O2. The van der Waals surface area contributed by atoms with Gasteiger partial charge in [0.05, 0.1) is 5.71 Å². The van der Waals surface area contributed by atoms with Gasteiger partial charge in [0.15, 0.2) is 0 Å². The van der Waals surface area contributed by atoms with Crippen molar-refractivity contribution in [2.24, 2.45) is 5.16 Å². The maximum Gasteiger partial charge on any atom is 0.437 e. The van der Waals surface area contributed by atoms with E-state index in [1.165, 1.54) is 6.42 Å². The van der Waals surface area contributed by atoms with Gasteiger partial charge >= 0.3 is 6.09 Å². The number of oxime groups is 1. The lowest BCUT2D eigenvalue weighted by atomic mass is 9.99. The lowest BCUT2D eigenvalue weighted by Crippen LogP contribution is -2.14. The quantitative estimate of drug-likeness (QED) is 0.640. The Morgan fingerprint density at radius 3 is 2.68 bits per heavy atom. The molecule has 1 fully saturated rings. The van der Waals surface area contributed by atoms with E-state index in [9.17, 15) is 4.79 Å². The molecule has 0 heterocycles. The SMILES string of the molecule is Cc1ccc(C)c(NC(=O)ON=C2CCCCC2)c1. The van der Waals surface area contributed by atoms with Crippen molar-refractivity contribution in [1.82, 2.24) is 0 Å². The summed E-state index contributed by atoms with van der Waals surface area (Å²) in [4.78, 5) is 16.6. The lowest BCUT2D eigenvalue weighted by Gasteiger charge is -2.11. The van der Waals surface area contributed by atoms with Crippen molar-refractivity contribution in [2.75, 3.05) is 5.32 Å². The average molecular weight is 260 g/mol. The number of carbonyl (C=O) groups excluding carboxylic acids is 1. The molecule has 1 amide bonds. The van der Waals surface area contributed by atoms with Gasteiger partial charge in [0.2, 0.25) is 0 Å². The van der Waals surface area contributed by atoms with Gasteiger partial charge in [-0.25, -0.2) is 4.79 Å². The molecule has 4 heteroatoms. The van der Waals surface area contributed by atoms with E-state index in [2.05, 4.69) is 10.5 Å². The van der Waals surface area contributed by atoms with Crippen LogP contribution >= 0.6 is 0 Å². The minimum atomic E-state index is -0.522. The van der Waals surface area contributed by atoms with E-state index in [-0.39, 0.29) is 0 Å². The van der Waals surface area contributed by atoms with Crippen LogP contribution in [-0.2, 0) is 4.84 Å². The summed E-state index contributed by atoms with van der Waals surface area (Å²) in [7, 11) is 0. The van der Waals surface area contributed by atoms with Gasteiger partial charge in [-0.3, -0.25) is 10.2 Å². The smallest absolute Gasteiger partial charge is 0.298 e. The molecule has 1 N–H and O–H groups in total. The summed E-state index contributed by atoms with van der Waals surface area (Å²) >= 11 is 0. The van der Waals surface area contributed by atoms with Gasteiger partial charge in [-0.15, -0.1) is 0 Å². The molecule has 4 nitrogen and oxygen atoms in total. The number of hydrogen-bond acceptors (Lipinski definition) is 3. The number of amides is 1. The van der Waals surface area contributed by atoms with Crippen LogP contribution in [0.4, 0.5) is 10.5 Å². The van der Waals surface area contributed by atoms with Crippen LogP contribution in [-0.4, -0.2) is 11.8 Å². The molecule has 102 valence electrons. The van der Waals surface area contributed by atoms with E-state index >= 15 is 0 Å². The summed E-state index contributed by atoms with van der Waals surface area (Å²) in [6.07, 6.45) is 4.88. The minimum absolute atomic E-state index is 0.522. The van der Waals surface area contributed by atoms with Crippen molar-refractivity contribution in [3.8, 4) is 0 Å². The molecule has 1 aliphatic rings. The molecule has 1 saturated carbocycles. The van der Waals surface area contributed by atoms with Crippen LogP contribution in [0.25, 0.3) is 0 Å². The summed E-state index contributed by atoms with van der Waals surface area (Å²) in [5.41, 5.74) is 3.86. The highest BCUT2D eigenvalue weighted by molar-refractivity contribution is 5.88. The molecule has 19 heavy (non-hydrogen) atoms. The summed E-state index contributed by atoms with van der Waals surface area (Å²) in [5.74, 6) is 0. The van der Waals surface area contributed by atoms with E-state index in [0.29, 0.717) is 0 Å². The number of rotatable bonds is 2. The molecule has 0 spiro atoms. The van der Waals surface area contributed by atoms with E-state index in [0.717, 1.165) is 48.2 Å². The van der Waals surface area contributed by atoms with E-state index in [1.807, 2.05) is 32.0 Å². The second-order valence-electron chi connectivity index (χ2n) is 5.04. The third kappa shape index (κ3) is 4.09. The fourth-order valence-electron chi connectivity index (χ4n) is 2.16. The summed E-state index contributed by atoms with van der Waals surface area (Å²) in [5, 5.41) is 6.66. The fraction of sp³-hybridized carbons (Fsp3) is 0.467. The molecule has 0 radical (unpaired) electrons. The second kappa shape index (κ2) is 6.36. The van der Waals surface area contributed by atoms with Crippen LogP contribution in [0.15, 0.2) is 23.4 Å². The first-order chi connectivity index (χ1) is 9.15. The van der Waals surface area contributed by atoms with Crippen molar-refractivity contribution in [3.63, 3.8) is 0 Å². The van der Waals surface area contributed by atoms with Crippen molar-refractivity contribution in [3.05, 3.63) is 29.3 Å². The average Bonchev–Trinajstić information content (AvgIpc) is 2.42. The van der Waals surface area contributed by atoms with Crippen LogP contribution in [0.1, 0.15) is 43.2 Å². The third-order valence-corrected chi connectivity index (χ3v) is 3.32. The Kier molecular flexibility index (Phi) is 4.55. The number of hydrogen-bond donors (Lipinski definition) is 1. The molecule has 0 bridgehead atoms. The number of carbonyl (C=O) groups is 1. The molecule has 0 aliphatic heterocycles. The summed E-state index contributed by atoms with van der Waals surface area (Å²) in [6.45, 7) is 3.93. The predicted octanol–water partition coefficient (Wildman–Crippen LogP) is 4.17. The zero-order chi connectivity index (χ0) is 13.7. The van der Waals surface area contributed by atoms with Gasteiger partial charge in [0, 0.05) is 5.69 Å². The molecule has 0 atom stereocenters. The summed E-state index contributed by atoms with van der Waals surface area (Å²) < 4.78 is 0. The van der Waals surface area contributed by atoms with Gasteiger partial charge in [-0.1, -0.05) is 23.7 Å². The van der Waals surface area contributed by atoms with Gasteiger partial charge in [-0.2, -0.15) is 0 Å². The Morgan fingerprint density at radius 1 is 1.21 bits per heavy atom. The Morgan fingerprint density at radius 2 is 1.95 bits per heavy atom. The van der Waals surface area contributed by atoms with Crippen LogP contribution in [0.2, 0.25) is 0 Å². The predicted molar refractivity (Wildman–Crippen MR) is 76.5 cm³/mol. The molecule has 1 aromatic rings. The Labute approximate surface area is 113 Å². The standard InChI is InChI=1S/C15H20N2O2/c1-11-8-9-12(2)14(10-11)16-15(18)19-17-13-6-4-3-5-7-13/h8-10H,3-7H2,1-2H3,(H,16,18). The minimum Gasteiger partial charge on any atom is -0.298 e. The van der Waals surface area contributed by atoms with Crippen LogP contribution in [0.3, 0.4) is 0 Å². The van der Waals surface area contributed by atoms with Gasteiger partial charge in [-0.05, 0) is 56.7 Å². The van der Waals surface area contributed by atoms with Crippen LogP contribution in [0, 0.1) is 13.8 Å². The van der Waals surface area contributed by atoms with Gasteiger partial charge < -0.3 is 0 Å². The van der Waals surface area contributed by atoms with Crippen molar-refractivity contribution >= 4 is 17.5 Å². The fourth-order valence-corrected chi connectivity index (χ4v) is 2.16. The lowest BCUT2D eigenvalue weighted by molar-refractivity contribution is 0.165. The van der Waals surface area contributed by atoms with Crippen LogP contribution in [0.5, 0.6) is 0 Å². The normalized spacial score (nSPS) is 14.9. The highest BCUT2D eigenvalue weighted by Gasteiger charge is 2.10. The number of benzene rings is 1. The third-order valence-electron chi connectivity index (χ3n) is 3.32. The van der Waals surface area contributed by atoms with Gasteiger partial charge in [0.25, 0.3) is 0 Å². The number of nitrogens with zero attached hydrogens (tertiary/aromatic N) is 1. The zero-order valence-corrected chi connectivity index (χ0v) is 11.5. The number of anilines is 1. The Hall–Kier alpha value is -1.84. The molecule has 0 unspecified atom stereocenters. The van der Waals surface area contributed by atoms with Crippen molar-refractivity contribution < 1.29 is 9.63 Å². The maximum atomic E-state index is 11.7.